The van der Waals surface area contributed by atoms with Crippen LogP contribution >= 0.6 is 0 Å². The number of nitrogens with zero attached hydrogens (tertiary/aromatic N) is 3. The summed E-state index contributed by atoms with van der Waals surface area (Å²) >= 11 is 0. The number of carboxylic acid groups (broad SMARTS) is 2. The molecule has 0 bridgehead atoms. The summed E-state index contributed by atoms with van der Waals surface area (Å²) < 4.78 is 0. The molecule has 0 aromatic rings. The van der Waals surface area contributed by atoms with Crippen molar-refractivity contribution in [2.45, 2.75) is 47.5 Å². The highest BCUT2D eigenvalue weighted by Crippen LogP contribution is 1.92. The summed E-state index contributed by atoms with van der Waals surface area (Å²) in [5.74, 6) is -1.25. The molecule has 1 radical (unpaired) electrons. The summed E-state index contributed by atoms with van der Waals surface area (Å²) in [7, 11) is 0. The quantitative estimate of drug-likeness (QED) is 0.367. The second kappa shape index (κ2) is 27.9. The van der Waals surface area contributed by atoms with Gasteiger partial charge in [0.2, 0.25) is 18.2 Å². The van der Waals surface area contributed by atoms with E-state index >= 15 is 0 Å². The van der Waals surface area contributed by atoms with Crippen LogP contribution in [0.1, 0.15) is 47.5 Å². The summed E-state index contributed by atoms with van der Waals surface area (Å²) in [5.41, 5.74) is 0. The number of isocyanates is 3. The Balaban J connectivity index is -0.000000135. The van der Waals surface area contributed by atoms with Gasteiger partial charge in [0.25, 0.3) is 0 Å². The van der Waals surface area contributed by atoms with Crippen LogP contribution in [-0.4, -0.2) is 60.0 Å². The van der Waals surface area contributed by atoms with E-state index in [4.69, 9.17) is 15.0 Å². The lowest BCUT2D eigenvalue weighted by Gasteiger charge is -1.96. The molecule has 0 aliphatic carbocycles. The molecule has 10 nitrogen and oxygen atoms in total. The number of carboxylic acids is 2. The summed E-state index contributed by atoms with van der Waals surface area (Å²) in [6, 6.07) is 0. The van der Waals surface area contributed by atoms with Crippen molar-refractivity contribution in [2.24, 2.45) is 20.9 Å². The molecule has 10 heteroatoms. The van der Waals surface area contributed by atoms with Crippen LogP contribution in [0.15, 0.2) is 15.0 Å². The number of carbonyl (C=O) groups is 2. The number of aliphatic carboxylic acids is 2. The third-order valence-corrected chi connectivity index (χ3v) is 1.82. The lowest BCUT2D eigenvalue weighted by Crippen LogP contribution is -2.12. The van der Waals surface area contributed by atoms with Gasteiger partial charge in [-0.3, -0.25) is 9.59 Å². The Morgan fingerprint density at radius 3 is 1.63 bits per heavy atom. The molecule has 0 rings (SSSR count). The van der Waals surface area contributed by atoms with Crippen molar-refractivity contribution in [1.29, 1.82) is 0 Å². The minimum Gasteiger partial charge on any atom is -0.481 e. The van der Waals surface area contributed by atoms with E-state index in [9.17, 15) is 19.2 Å². The molecule has 0 aliphatic heterocycles. The fourth-order valence-electron chi connectivity index (χ4n) is 0.635. The van der Waals surface area contributed by atoms with Gasteiger partial charge < -0.3 is 10.2 Å². The van der Waals surface area contributed by atoms with Crippen molar-refractivity contribution in [2.75, 3.05) is 19.6 Å². The zero-order chi connectivity index (χ0) is 22.1. The van der Waals surface area contributed by atoms with Gasteiger partial charge in [0, 0.05) is 0 Å². The Kier molecular flexibility index (Phi) is 32.9. The Bertz CT molecular complexity index is 514. The fraction of sp³-hybridized carbons (Fsp3) is 0.647. The molecule has 0 aromatic heterocycles. The maximum atomic E-state index is 10.0. The molecule has 0 fully saturated rings. The van der Waals surface area contributed by atoms with Crippen LogP contribution < -0.4 is 0 Å². The van der Waals surface area contributed by atoms with Crippen molar-refractivity contribution in [3.63, 3.8) is 0 Å². The van der Waals surface area contributed by atoms with Crippen molar-refractivity contribution in [3.8, 4) is 0 Å². The first-order valence-corrected chi connectivity index (χ1v) is 7.92. The van der Waals surface area contributed by atoms with E-state index < -0.39 is 24.4 Å². The van der Waals surface area contributed by atoms with Gasteiger partial charge in [-0.15, -0.1) is 0 Å². The summed E-state index contributed by atoms with van der Waals surface area (Å²) in [5, 5.41) is 16.0. The monoisotopic (exact) mass is 386 g/mol. The average molecular weight is 386 g/mol. The van der Waals surface area contributed by atoms with Gasteiger partial charge in [0.1, 0.15) is 6.54 Å². The maximum Gasteiger partial charge on any atom is 0.326 e. The molecule has 0 aromatic carbocycles. The normalized spacial score (nSPS) is 8.96. The molecule has 153 valence electrons. The van der Waals surface area contributed by atoms with E-state index in [1.54, 1.807) is 0 Å². The maximum absolute atomic E-state index is 10.0. The van der Waals surface area contributed by atoms with E-state index in [0.29, 0.717) is 6.54 Å². The first kappa shape index (κ1) is 31.8. The molecule has 0 amide bonds. The van der Waals surface area contributed by atoms with Gasteiger partial charge in [-0.2, -0.15) is 4.99 Å². The largest absolute Gasteiger partial charge is 0.481 e. The fourth-order valence-corrected chi connectivity index (χ4v) is 0.635. The van der Waals surface area contributed by atoms with Crippen LogP contribution in [0.4, 0.5) is 0 Å². The molecule has 0 unspecified atom stereocenters. The third-order valence-electron chi connectivity index (χ3n) is 1.82. The molecule has 1 atom stereocenters. The Hall–Kier alpha value is -2.92. The predicted octanol–water partition coefficient (Wildman–Crippen LogP) is 2.19. The van der Waals surface area contributed by atoms with Crippen molar-refractivity contribution < 1.29 is 34.2 Å². The first-order chi connectivity index (χ1) is 12.6. The van der Waals surface area contributed by atoms with Gasteiger partial charge in [-0.25, -0.2) is 24.4 Å². The number of hydrogen-bond donors (Lipinski definition) is 2. The second-order valence-electron chi connectivity index (χ2n) is 5.30. The van der Waals surface area contributed by atoms with Crippen LogP contribution in [0, 0.1) is 11.8 Å². The van der Waals surface area contributed by atoms with Crippen molar-refractivity contribution >= 4 is 30.2 Å². The lowest BCUT2D eigenvalue weighted by molar-refractivity contribution is -0.140. The minimum atomic E-state index is -1.12. The zero-order valence-electron chi connectivity index (χ0n) is 16.4. The highest BCUT2D eigenvalue weighted by atomic mass is 16.4. The molecule has 2 N–H and O–H groups in total. The third kappa shape index (κ3) is 59.9. The smallest absolute Gasteiger partial charge is 0.326 e. The van der Waals surface area contributed by atoms with Crippen LogP contribution in [-0.2, 0) is 24.0 Å². The van der Waals surface area contributed by atoms with Crippen LogP contribution in [0.5, 0.6) is 0 Å². The molecule has 0 spiro atoms. The number of hydrogen-bond acceptors (Lipinski definition) is 8. The van der Waals surface area contributed by atoms with E-state index in [0.717, 1.165) is 18.9 Å². The molecule has 0 saturated carbocycles. The van der Waals surface area contributed by atoms with Crippen molar-refractivity contribution in [1.82, 2.24) is 0 Å². The van der Waals surface area contributed by atoms with Gasteiger partial charge in [-0.05, 0) is 12.3 Å². The first-order valence-electron chi connectivity index (χ1n) is 7.92. The standard InChI is InChI=1S/C5H7NO3.C5H9NO.C4H9.C3H3NO3/c1-4(5(8)9)2-6-3-7;1-2-3-4-6-5-7;1-4(2)3;5-2-4-1-3(6)7/h4H,2H2,1H3,(H,8,9);2-4H2,1H3;1-3H3;1H2,(H,6,7)/t4-;;;/m0.../s1. The molecular weight excluding hydrogens is 358 g/mol. The second-order valence-corrected chi connectivity index (χ2v) is 5.30. The summed E-state index contributed by atoms with van der Waals surface area (Å²) in [6.45, 7) is 9.95. The average Bonchev–Trinajstić information content (AvgIpc) is 2.58. The van der Waals surface area contributed by atoms with Crippen LogP contribution in [0.3, 0.4) is 0 Å². The molecule has 0 aliphatic rings. The number of carbonyl (C=O) groups excluding carboxylic acids is 3. The van der Waals surface area contributed by atoms with Gasteiger partial charge in [0.05, 0.1) is 19.0 Å². The summed E-state index contributed by atoms with van der Waals surface area (Å²) in [4.78, 5) is 56.7. The van der Waals surface area contributed by atoms with Crippen molar-refractivity contribution in [3.05, 3.63) is 5.92 Å². The van der Waals surface area contributed by atoms with Crippen LogP contribution in [0.2, 0.25) is 0 Å². The zero-order valence-corrected chi connectivity index (χ0v) is 16.4. The van der Waals surface area contributed by atoms with Gasteiger partial charge in [-0.1, -0.05) is 41.0 Å². The number of aliphatic imine (C=N–C) groups is 3. The molecule has 27 heavy (non-hydrogen) atoms. The molecule has 0 saturated heterocycles. The topological polar surface area (TPSA) is 163 Å². The van der Waals surface area contributed by atoms with E-state index in [2.05, 4.69) is 42.7 Å². The Morgan fingerprint density at radius 2 is 1.37 bits per heavy atom. The van der Waals surface area contributed by atoms with E-state index in [1.165, 1.54) is 25.0 Å². The lowest BCUT2D eigenvalue weighted by atomic mass is 10.2. The highest BCUT2D eigenvalue weighted by Gasteiger charge is 2.08. The van der Waals surface area contributed by atoms with E-state index in [1.807, 2.05) is 0 Å². The van der Waals surface area contributed by atoms with Gasteiger partial charge in [0.15, 0.2) is 0 Å². The number of unbranched alkanes of at least 4 members (excludes halogenated alkanes) is 1. The Labute approximate surface area is 159 Å². The Morgan fingerprint density at radius 1 is 0.926 bits per heavy atom. The highest BCUT2D eigenvalue weighted by molar-refractivity contribution is 5.70. The minimum absolute atomic E-state index is 0.0127. The van der Waals surface area contributed by atoms with E-state index in [-0.39, 0.29) is 6.54 Å². The van der Waals surface area contributed by atoms with Gasteiger partial charge >= 0.3 is 11.9 Å². The summed E-state index contributed by atoms with van der Waals surface area (Å²) in [6.07, 6.45) is 5.92. The molecular formula is C17H28N3O7. The predicted molar refractivity (Wildman–Crippen MR) is 98.6 cm³/mol. The van der Waals surface area contributed by atoms with Crippen LogP contribution in [0.25, 0.3) is 0 Å². The number of rotatable bonds is 8. The molecule has 0 heterocycles. The SMILES string of the molecule is CCCCN=C=O.C[C@@H](CN=C=O)C(=O)O.C[C](C)C.O=C=NCC(=O)O.